The van der Waals surface area contributed by atoms with E-state index in [2.05, 4.69) is 39.2 Å². The Balaban J connectivity index is 1.55. The van der Waals surface area contributed by atoms with Crippen LogP contribution in [0.5, 0.6) is 5.75 Å². The number of hydrogen-bond acceptors (Lipinski definition) is 5. The number of benzene rings is 2. The maximum absolute atomic E-state index is 12.3. The first-order valence-electron chi connectivity index (χ1n) is 9.71. The predicted molar refractivity (Wildman–Crippen MR) is 114 cm³/mol. The molecular weight excluding hydrogens is 364 g/mol. The van der Waals surface area contributed by atoms with Crippen molar-refractivity contribution in [3.63, 3.8) is 0 Å². The number of anilines is 1. The molecule has 3 aromatic rings. The van der Waals surface area contributed by atoms with Gasteiger partial charge in [-0.1, -0.05) is 42.5 Å². The molecule has 29 heavy (non-hydrogen) atoms. The first kappa shape index (κ1) is 20.3. The second kappa shape index (κ2) is 10.2. The number of nitrogens with zero attached hydrogens (tertiary/aromatic N) is 3. The van der Waals surface area contributed by atoms with Crippen LogP contribution in [0.25, 0.3) is 0 Å². The third kappa shape index (κ3) is 5.78. The standard InChI is InChI=1S/C23H26N4O2/c1-3-27(17-19-8-5-4-6-9-19)22-16-25-21(15-26-22)23(28)24-13-12-18-10-7-11-20(14-18)29-2/h4-11,14-16H,3,12-13,17H2,1-2H3,(H,24,28). The highest BCUT2D eigenvalue weighted by molar-refractivity contribution is 5.92. The fourth-order valence-corrected chi connectivity index (χ4v) is 3.00. The summed E-state index contributed by atoms with van der Waals surface area (Å²) < 4.78 is 5.22. The van der Waals surface area contributed by atoms with Gasteiger partial charge in [0.25, 0.3) is 5.91 Å². The van der Waals surface area contributed by atoms with Gasteiger partial charge in [0.15, 0.2) is 0 Å². The summed E-state index contributed by atoms with van der Waals surface area (Å²) >= 11 is 0. The number of carbonyl (C=O) groups is 1. The number of rotatable bonds is 9. The third-order valence-corrected chi connectivity index (χ3v) is 4.63. The first-order chi connectivity index (χ1) is 14.2. The molecule has 1 N–H and O–H groups in total. The fraction of sp³-hybridized carbons (Fsp3) is 0.261. The van der Waals surface area contributed by atoms with E-state index in [9.17, 15) is 4.79 Å². The van der Waals surface area contributed by atoms with Crippen molar-refractivity contribution in [3.05, 3.63) is 83.8 Å². The summed E-state index contributed by atoms with van der Waals surface area (Å²) in [4.78, 5) is 23.2. The lowest BCUT2D eigenvalue weighted by molar-refractivity contribution is 0.0949. The van der Waals surface area contributed by atoms with Gasteiger partial charge in [-0.25, -0.2) is 9.97 Å². The molecule has 0 aliphatic carbocycles. The number of ether oxygens (including phenoxy) is 1. The molecule has 6 heteroatoms. The lowest BCUT2D eigenvalue weighted by atomic mass is 10.1. The minimum Gasteiger partial charge on any atom is -0.497 e. The molecule has 0 unspecified atom stereocenters. The Labute approximate surface area is 171 Å². The molecule has 150 valence electrons. The molecule has 0 saturated heterocycles. The molecule has 0 bridgehead atoms. The summed E-state index contributed by atoms with van der Waals surface area (Å²) in [5.41, 5.74) is 2.62. The molecule has 0 aliphatic heterocycles. The molecule has 1 amide bonds. The molecule has 0 radical (unpaired) electrons. The van der Waals surface area contributed by atoms with E-state index in [0.717, 1.165) is 36.6 Å². The topological polar surface area (TPSA) is 67.4 Å². The van der Waals surface area contributed by atoms with Crippen LogP contribution in [0.1, 0.15) is 28.5 Å². The van der Waals surface area contributed by atoms with Crippen molar-refractivity contribution in [3.8, 4) is 5.75 Å². The van der Waals surface area contributed by atoms with Crippen LogP contribution in [0.3, 0.4) is 0 Å². The number of nitrogens with one attached hydrogen (secondary N) is 1. The summed E-state index contributed by atoms with van der Waals surface area (Å²) in [6.45, 7) is 4.14. The van der Waals surface area contributed by atoms with Crippen molar-refractivity contribution in [1.29, 1.82) is 0 Å². The van der Waals surface area contributed by atoms with E-state index in [-0.39, 0.29) is 5.91 Å². The minimum atomic E-state index is -0.224. The van der Waals surface area contributed by atoms with Gasteiger partial charge in [0, 0.05) is 19.6 Å². The first-order valence-corrected chi connectivity index (χ1v) is 9.71. The van der Waals surface area contributed by atoms with Crippen molar-refractivity contribution in [2.45, 2.75) is 19.9 Å². The number of aromatic nitrogens is 2. The van der Waals surface area contributed by atoms with E-state index in [1.54, 1.807) is 13.3 Å². The number of carbonyl (C=O) groups excluding carboxylic acids is 1. The van der Waals surface area contributed by atoms with Crippen LogP contribution in [0.15, 0.2) is 67.0 Å². The maximum atomic E-state index is 12.3. The molecule has 0 aliphatic rings. The van der Waals surface area contributed by atoms with Gasteiger partial charge in [0.05, 0.1) is 19.5 Å². The predicted octanol–water partition coefficient (Wildman–Crippen LogP) is 3.48. The van der Waals surface area contributed by atoms with Gasteiger partial charge >= 0.3 is 0 Å². The SMILES string of the molecule is CCN(Cc1ccccc1)c1cnc(C(=O)NCCc2cccc(OC)c2)cn1. The van der Waals surface area contributed by atoms with Crippen LogP contribution in [-0.2, 0) is 13.0 Å². The zero-order valence-electron chi connectivity index (χ0n) is 16.8. The molecule has 1 heterocycles. The highest BCUT2D eigenvalue weighted by atomic mass is 16.5. The van der Waals surface area contributed by atoms with Gasteiger partial charge in [0.1, 0.15) is 17.3 Å². The molecular formula is C23H26N4O2. The molecule has 0 saturated carbocycles. The van der Waals surface area contributed by atoms with Gasteiger partial charge in [-0.15, -0.1) is 0 Å². The van der Waals surface area contributed by atoms with Crippen molar-refractivity contribution >= 4 is 11.7 Å². The highest BCUT2D eigenvalue weighted by Crippen LogP contribution is 2.14. The smallest absolute Gasteiger partial charge is 0.271 e. The van der Waals surface area contributed by atoms with Crippen LogP contribution >= 0.6 is 0 Å². The quantitative estimate of drug-likeness (QED) is 0.606. The maximum Gasteiger partial charge on any atom is 0.271 e. The van der Waals surface area contributed by atoms with Crippen LogP contribution in [0.2, 0.25) is 0 Å². The third-order valence-electron chi connectivity index (χ3n) is 4.63. The molecule has 0 fully saturated rings. The van der Waals surface area contributed by atoms with Gasteiger partial charge in [-0.3, -0.25) is 4.79 Å². The van der Waals surface area contributed by atoms with E-state index in [4.69, 9.17) is 4.74 Å². The van der Waals surface area contributed by atoms with Gasteiger partial charge in [0.2, 0.25) is 0 Å². The second-order valence-electron chi connectivity index (χ2n) is 6.62. The molecule has 0 atom stereocenters. The second-order valence-corrected chi connectivity index (χ2v) is 6.62. The van der Waals surface area contributed by atoms with Crippen LogP contribution in [0, 0.1) is 0 Å². The summed E-state index contributed by atoms with van der Waals surface area (Å²) in [5, 5.41) is 2.89. The van der Waals surface area contributed by atoms with Gasteiger partial charge in [-0.05, 0) is 36.6 Å². The highest BCUT2D eigenvalue weighted by Gasteiger charge is 2.11. The Morgan fingerprint density at radius 3 is 2.52 bits per heavy atom. The van der Waals surface area contributed by atoms with E-state index in [0.29, 0.717) is 12.2 Å². The summed E-state index contributed by atoms with van der Waals surface area (Å²) in [6, 6.07) is 18.0. The number of hydrogen-bond donors (Lipinski definition) is 1. The van der Waals surface area contributed by atoms with Crippen LogP contribution in [-0.4, -0.2) is 36.1 Å². The van der Waals surface area contributed by atoms with Crippen molar-refractivity contribution in [2.75, 3.05) is 25.1 Å². The molecule has 1 aromatic heterocycles. The normalized spacial score (nSPS) is 10.4. The van der Waals surface area contributed by atoms with Gasteiger partial charge < -0.3 is 15.0 Å². The summed E-state index contributed by atoms with van der Waals surface area (Å²) in [6.07, 6.45) is 3.91. The average molecular weight is 390 g/mol. The van der Waals surface area contributed by atoms with Crippen molar-refractivity contribution in [2.24, 2.45) is 0 Å². The monoisotopic (exact) mass is 390 g/mol. The zero-order valence-corrected chi connectivity index (χ0v) is 16.8. The Bertz CT molecular complexity index is 914. The average Bonchev–Trinajstić information content (AvgIpc) is 2.78. The molecule has 2 aromatic carbocycles. The molecule has 3 rings (SSSR count). The van der Waals surface area contributed by atoms with Gasteiger partial charge in [-0.2, -0.15) is 0 Å². The van der Waals surface area contributed by atoms with Crippen molar-refractivity contribution in [1.82, 2.24) is 15.3 Å². The molecule has 0 spiro atoms. The van der Waals surface area contributed by atoms with Crippen LogP contribution < -0.4 is 15.0 Å². The Morgan fingerprint density at radius 2 is 1.83 bits per heavy atom. The Morgan fingerprint density at radius 1 is 1.03 bits per heavy atom. The largest absolute Gasteiger partial charge is 0.497 e. The Kier molecular flexibility index (Phi) is 7.16. The summed E-state index contributed by atoms with van der Waals surface area (Å²) in [7, 11) is 1.64. The van der Waals surface area contributed by atoms with Crippen molar-refractivity contribution < 1.29 is 9.53 Å². The van der Waals surface area contributed by atoms with Crippen LogP contribution in [0.4, 0.5) is 5.82 Å². The number of amides is 1. The summed E-state index contributed by atoms with van der Waals surface area (Å²) in [5.74, 6) is 1.34. The van der Waals surface area contributed by atoms with E-state index in [1.807, 2.05) is 42.5 Å². The minimum absolute atomic E-state index is 0.224. The lowest BCUT2D eigenvalue weighted by Crippen LogP contribution is -2.27. The molecule has 6 nitrogen and oxygen atoms in total. The fourth-order valence-electron chi connectivity index (χ4n) is 3.00. The lowest BCUT2D eigenvalue weighted by Gasteiger charge is -2.21. The zero-order chi connectivity index (χ0) is 20.5. The van der Waals surface area contributed by atoms with E-state index in [1.165, 1.54) is 11.8 Å². The number of methoxy groups -OCH3 is 1. The Hall–Kier alpha value is -3.41. The van der Waals surface area contributed by atoms with E-state index < -0.39 is 0 Å². The van der Waals surface area contributed by atoms with E-state index >= 15 is 0 Å².